The Kier molecular flexibility index (Phi) is 7.40. The summed E-state index contributed by atoms with van der Waals surface area (Å²) in [5, 5.41) is 4.55. The Morgan fingerprint density at radius 2 is 2.02 bits per heavy atom. The summed E-state index contributed by atoms with van der Waals surface area (Å²) in [5.74, 6) is -7.37. The summed E-state index contributed by atoms with van der Waals surface area (Å²) < 4.78 is 68.2. The first-order valence-corrected chi connectivity index (χ1v) is 15.2. The average molecular weight is 601 g/mol. The fraction of sp³-hybridized carbons (Fsp3) is 0.500. The van der Waals surface area contributed by atoms with Crippen LogP contribution in [-0.4, -0.2) is 72.9 Å². The molecule has 3 amide bonds. The zero-order chi connectivity index (χ0) is 29.0. The Hall–Kier alpha value is -3.06. The number of alkyl halides is 2. The minimum Gasteiger partial charge on any atom is -0.356 e. The maximum Gasteiger partial charge on any atom is 0.271 e. The first-order valence-electron chi connectivity index (χ1n) is 12.9. The molecule has 5 atom stereocenters. The zero-order valence-electron chi connectivity index (χ0n) is 21.4. The number of aromatic amines is 1. The van der Waals surface area contributed by atoms with Crippen molar-refractivity contribution < 1.29 is 36.0 Å². The molecule has 4 heterocycles. The van der Waals surface area contributed by atoms with Gasteiger partial charge >= 0.3 is 0 Å². The van der Waals surface area contributed by atoms with Crippen LogP contribution in [0.1, 0.15) is 42.6 Å². The number of rotatable bonds is 7. The van der Waals surface area contributed by atoms with Crippen molar-refractivity contribution in [1.29, 1.82) is 0 Å². The van der Waals surface area contributed by atoms with E-state index < -0.39 is 69.1 Å². The van der Waals surface area contributed by atoms with Crippen molar-refractivity contribution >= 4 is 50.1 Å². The number of piperidine rings is 2. The van der Waals surface area contributed by atoms with Gasteiger partial charge in [0.15, 0.2) is 0 Å². The number of fused-ring (bicyclic) bond motifs is 4. The van der Waals surface area contributed by atoms with E-state index in [0.29, 0.717) is 41.2 Å². The Balaban J connectivity index is 1.48. The highest BCUT2D eigenvalue weighted by Crippen LogP contribution is 2.49. The van der Waals surface area contributed by atoms with Crippen molar-refractivity contribution in [3.8, 4) is 0 Å². The molecule has 14 heteroatoms. The zero-order valence-corrected chi connectivity index (χ0v) is 23.0. The maximum absolute atomic E-state index is 15.1. The minimum absolute atomic E-state index is 0.0126. The number of hydrogen-bond acceptors (Lipinski definition) is 5. The summed E-state index contributed by atoms with van der Waals surface area (Å²) >= 11 is 6.22. The van der Waals surface area contributed by atoms with Gasteiger partial charge in [0.1, 0.15) is 11.7 Å². The molecule has 9 nitrogen and oxygen atoms in total. The lowest BCUT2D eigenvalue weighted by Crippen LogP contribution is -2.68. The number of H-pyrrole nitrogens is 1. The normalized spacial score (nSPS) is 27.1. The predicted molar refractivity (Wildman–Crippen MR) is 141 cm³/mol. The van der Waals surface area contributed by atoms with E-state index >= 15 is 8.78 Å². The van der Waals surface area contributed by atoms with Crippen LogP contribution < -0.4 is 10.6 Å². The smallest absolute Gasteiger partial charge is 0.271 e. The second-order valence-electron chi connectivity index (χ2n) is 10.7. The molecule has 6 rings (SSSR count). The van der Waals surface area contributed by atoms with Crippen molar-refractivity contribution in [3.05, 3.63) is 46.2 Å². The maximum atomic E-state index is 15.1. The van der Waals surface area contributed by atoms with E-state index in [1.165, 1.54) is 6.07 Å². The molecule has 3 aliphatic heterocycles. The van der Waals surface area contributed by atoms with Gasteiger partial charge in [0.05, 0.1) is 22.5 Å². The van der Waals surface area contributed by atoms with Crippen LogP contribution in [0.5, 0.6) is 0 Å². The van der Waals surface area contributed by atoms with Gasteiger partial charge in [0.2, 0.25) is 26.8 Å². The fourth-order valence-electron chi connectivity index (χ4n) is 6.07. The average Bonchev–Trinajstić information content (AvgIpc) is 3.49. The highest BCUT2D eigenvalue weighted by molar-refractivity contribution is 7.94. The third-order valence-corrected chi connectivity index (χ3v) is 9.15. The van der Waals surface area contributed by atoms with Crippen molar-refractivity contribution in [3.63, 3.8) is 0 Å². The molecule has 0 radical (unpaired) electrons. The Morgan fingerprint density at radius 3 is 2.65 bits per heavy atom. The summed E-state index contributed by atoms with van der Waals surface area (Å²) in [6, 6.07) is 2.74. The van der Waals surface area contributed by atoms with Gasteiger partial charge in [-0.1, -0.05) is 23.7 Å². The molecule has 0 unspecified atom stereocenters. The number of amides is 3. The van der Waals surface area contributed by atoms with E-state index in [4.69, 9.17) is 11.6 Å². The molecule has 4 fully saturated rings. The largest absolute Gasteiger partial charge is 0.356 e. The van der Waals surface area contributed by atoms with Crippen LogP contribution in [0.25, 0.3) is 10.9 Å². The molecule has 1 aromatic carbocycles. The molecule has 0 spiro atoms. The Morgan fingerprint density at radius 1 is 1.27 bits per heavy atom. The number of nitrogens with one attached hydrogen (secondary N) is 3. The lowest BCUT2D eigenvalue weighted by molar-refractivity contribution is -0.179. The fourth-order valence-corrected chi connectivity index (χ4v) is 6.71. The first kappa shape index (κ1) is 28.5. The summed E-state index contributed by atoms with van der Waals surface area (Å²) in [4.78, 5) is 43.6. The molecule has 1 saturated carbocycles. The monoisotopic (exact) mass is 600 g/mol. The number of nitrogens with zero attached hydrogens (tertiary/aromatic N) is 1. The molecule has 1 aromatic heterocycles. The van der Waals surface area contributed by atoms with Crippen LogP contribution in [0.2, 0.25) is 5.02 Å². The molecular weight excluding hydrogens is 573 g/mol. The molecule has 3 saturated heterocycles. The van der Waals surface area contributed by atoms with Crippen molar-refractivity contribution in [1.82, 2.24) is 20.5 Å². The van der Waals surface area contributed by atoms with E-state index in [9.17, 15) is 27.2 Å². The van der Waals surface area contributed by atoms with Crippen molar-refractivity contribution in [2.24, 2.45) is 11.8 Å². The quantitative estimate of drug-likeness (QED) is 0.449. The minimum atomic E-state index is -4.27. The molecule has 4 aliphatic rings. The second kappa shape index (κ2) is 10.4. The molecule has 40 heavy (non-hydrogen) atoms. The number of benzene rings is 1. The summed E-state index contributed by atoms with van der Waals surface area (Å²) in [6.45, 7) is 0.359. The topological polar surface area (TPSA) is 128 Å². The lowest BCUT2D eigenvalue weighted by atomic mass is 9.71. The van der Waals surface area contributed by atoms with Gasteiger partial charge in [-0.25, -0.2) is 17.2 Å². The number of carbonyl (C=O) groups excluding carboxylic acids is 3. The molecule has 2 bridgehead atoms. The van der Waals surface area contributed by atoms with Crippen LogP contribution in [0.4, 0.5) is 13.2 Å². The van der Waals surface area contributed by atoms with E-state index in [-0.39, 0.29) is 30.9 Å². The number of sulfone groups is 1. The van der Waals surface area contributed by atoms with Crippen molar-refractivity contribution in [2.45, 2.75) is 56.2 Å². The molecule has 3 N–H and O–H groups in total. The number of hydrogen-bond donors (Lipinski definition) is 3. The standard InChI is InChI=1S/C26H28ClF3N4O5S/c1-40(38,39)20(28)11-15(9-14-7-8-31-23(14)35)32-24(36)22-17-6-5-16(12-26(17,29)30)34(22)25(37)19-10-13-3-2-4-18(27)21(13)33-19/h2-4,10-11,14-17,22,33H,5-9,12H2,1H3,(H,31,35)(H,32,36)/b20-11-/t14-,15-,16+,17+,22+/m0/s1. The van der Waals surface area contributed by atoms with Crippen LogP contribution in [-0.2, 0) is 19.4 Å². The number of aromatic nitrogens is 1. The number of carbonyl (C=O) groups is 3. The highest BCUT2D eigenvalue weighted by atomic mass is 35.5. The van der Waals surface area contributed by atoms with E-state index in [2.05, 4.69) is 15.6 Å². The second-order valence-corrected chi connectivity index (χ2v) is 13.1. The van der Waals surface area contributed by atoms with Crippen LogP contribution >= 0.6 is 11.6 Å². The first-order chi connectivity index (χ1) is 18.8. The van der Waals surface area contributed by atoms with Gasteiger partial charge in [-0.15, -0.1) is 0 Å². The Bertz CT molecular complexity index is 1510. The highest BCUT2D eigenvalue weighted by Gasteiger charge is 2.60. The van der Waals surface area contributed by atoms with Gasteiger partial charge in [0.25, 0.3) is 11.8 Å². The van der Waals surface area contributed by atoms with Crippen LogP contribution in [0.3, 0.4) is 0 Å². The Labute approximate surface area is 233 Å². The molecule has 2 aromatic rings. The van der Waals surface area contributed by atoms with E-state index in [0.717, 1.165) is 4.90 Å². The number of para-hydroxylation sites is 1. The lowest BCUT2D eigenvalue weighted by Gasteiger charge is -2.53. The molecular formula is C26H28ClF3N4O5S. The van der Waals surface area contributed by atoms with Crippen LogP contribution in [0, 0.1) is 11.8 Å². The van der Waals surface area contributed by atoms with Crippen molar-refractivity contribution in [2.75, 3.05) is 12.8 Å². The third kappa shape index (κ3) is 5.32. The molecule has 216 valence electrons. The van der Waals surface area contributed by atoms with Crippen LogP contribution in [0.15, 0.2) is 35.5 Å². The SMILES string of the molecule is CS(=O)(=O)/C(F)=C\[C@H](C[C@@H]1CCNC1=O)NC(=O)[C@H]1[C@H]2CC[C@H](CC2(F)F)N1C(=O)c1cc2cccc(Cl)c2[nH]1. The molecule has 1 aliphatic carbocycles. The number of halogens is 4. The van der Waals surface area contributed by atoms with Gasteiger partial charge in [0, 0.05) is 36.6 Å². The van der Waals surface area contributed by atoms with E-state index in [1.807, 2.05) is 0 Å². The van der Waals surface area contributed by atoms with Gasteiger partial charge in [-0.2, -0.15) is 4.39 Å². The van der Waals surface area contributed by atoms with E-state index in [1.54, 1.807) is 18.2 Å². The third-order valence-electron chi connectivity index (χ3n) is 7.99. The summed E-state index contributed by atoms with van der Waals surface area (Å²) in [6.07, 6.45) is 1.19. The summed E-state index contributed by atoms with van der Waals surface area (Å²) in [7, 11) is -4.27. The predicted octanol–water partition coefficient (Wildman–Crippen LogP) is 3.32. The van der Waals surface area contributed by atoms with Gasteiger partial charge < -0.3 is 20.5 Å². The summed E-state index contributed by atoms with van der Waals surface area (Å²) in [5.41, 5.74) is 0.552. The van der Waals surface area contributed by atoms with Gasteiger partial charge in [-0.05, 0) is 43.9 Å². The van der Waals surface area contributed by atoms with Gasteiger partial charge in [-0.3, -0.25) is 14.4 Å².